The van der Waals surface area contributed by atoms with Crippen molar-refractivity contribution in [1.82, 2.24) is 9.97 Å². The number of hydrazone groups is 1. The molecule has 1 aromatic heterocycles. The highest BCUT2D eigenvalue weighted by molar-refractivity contribution is 5.98. The molecule has 104 valence electrons. The SMILES string of the molecule is CCCc1cc(C)nc(NN=C(C)c2ccccc2)n1. The molecule has 0 saturated carbocycles. The van der Waals surface area contributed by atoms with Crippen LogP contribution in [-0.4, -0.2) is 15.7 Å². The average Bonchev–Trinajstić information content (AvgIpc) is 2.45. The number of benzene rings is 1. The van der Waals surface area contributed by atoms with E-state index in [0.29, 0.717) is 5.95 Å². The van der Waals surface area contributed by atoms with Gasteiger partial charge in [-0.2, -0.15) is 5.10 Å². The first kappa shape index (κ1) is 14.2. The minimum atomic E-state index is 0.559. The Kier molecular flexibility index (Phi) is 4.82. The number of nitrogens with zero attached hydrogens (tertiary/aromatic N) is 3. The molecule has 1 N–H and O–H groups in total. The van der Waals surface area contributed by atoms with Crippen LogP contribution in [-0.2, 0) is 6.42 Å². The first-order valence-electron chi connectivity index (χ1n) is 6.89. The lowest BCUT2D eigenvalue weighted by Gasteiger charge is -2.05. The maximum Gasteiger partial charge on any atom is 0.243 e. The molecule has 0 saturated heterocycles. The zero-order valence-electron chi connectivity index (χ0n) is 12.2. The average molecular weight is 268 g/mol. The lowest BCUT2D eigenvalue weighted by atomic mass is 10.1. The predicted molar refractivity (Wildman–Crippen MR) is 83.0 cm³/mol. The molecular weight excluding hydrogens is 248 g/mol. The summed E-state index contributed by atoms with van der Waals surface area (Å²) in [5, 5.41) is 4.35. The van der Waals surface area contributed by atoms with E-state index in [2.05, 4.69) is 27.4 Å². The highest BCUT2D eigenvalue weighted by Crippen LogP contribution is 2.08. The smallest absolute Gasteiger partial charge is 0.243 e. The van der Waals surface area contributed by atoms with E-state index in [1.807, 2.05) is 50.2 Å². The second kappa shape index (κ2) is 6.80. The quantitative estimate of drug-likeness (QED) is 0.666. The number of anilines is 1. The largest absolute Gasteiger partial charge is 0.245 e. The highest BCUT2D eigenvalue weighted by Gasteiger charge is 2.01. The Morgan fingerprint density at radius 1 is 1.20 bits per heavy atom. The van der Waals surface area contributed by atoms with Crippen molar-refractivity contribution in [3.8, 4) is 0 Å². The van der Waals surface area contributed by atoms with E-state index in [1.54, 1.807) is 0 Å². The summed E-state index contributed by atoms with van der Waals surface area (Å²) in [6.45, 7) is 6.08. The molecule has 0 spiro atoms. The van der Waals surface area contributed by atoms with E-state index in [0.717, 1.165) is 35.5 Å². The molecule has 1 aromatic carbocycles. The molecular formula is C16H20N4. The van der Waals surface area contributed by atoms with E-state index in [9.17, 15) is 0 Å². The lowest BCUT2D eigenvalue weighted by Crippen LogP contribution is -2.04. The van der Waals surface area contributed by atoms with Gasteiger partial charge < -0.3 is 0 Å². The van der Waals surface area contributed by atoms with Gasteiger partial charge in [0.25, 0.3) is 0 Å². The monoisotopic (exact) mass is 268 g/mol. The first-order valence-corrected chi connectivity index (χ1v) is 6.89. The fourth-order valence-corrected chi connectivity index (χ4v) is 1.95. The van der Waals surface area contributed by atoms with Crippen molar-refractivity contribution in [3.05, 3.63) is 53.3 Å². The number of hydrogen-bond acceptors (Lipinski definition) is 4. The zero-order chi connectivity index (χ0) is 14.4. The summed E-state index contributed by atoms with van der Waals surface area (Å²) < 4.78 is 0. The Balaban J connectivity index is 2.14. The van der Waals surface area contributed by atoms with Crippen LogP contribution in [0.5, 0.6) is 0 Å². The molecule has 1 heterocycles. The van der Waals surface area contributed by atoms with Crippen LogP contribution in [0.2, 0.25) is 0 Å². The van der Waals surface area contributed by atoms with Crippen LogP contribution in [0.15, 0.2) is 41.5 Å². The molecule has 4 heteroatoms. The number of rotatable bonds is 5. The Hall–Kier alpha value is -2.23. The molecule has 0 bridgehead atoms. The van der Waals surface area contributed by atoms with Crippen LogP contribution in [0.4, 0.5) is 5.95 Å². The van der Waals surface area contributed by atoms with Crippen molar-refractivity contribution in [2.24, 2.45) is 5.10 Å². The Morgan fingerprint density at radius 2 is 1.95 bits per heavy atom. The number of hydrogen-bond donors (Lipinski definition) is 1. The Bertz CT molecular complexity index is 591. The first-order chi connectivity index (χ1) is 9.69. The standard InChI is InChI=1S/C16H20N4/c1-4-8-15-11-12(2)17-16(18-15)20-19-13(3)14-9-6-5-7-10-14/h5-7,9-11H,4,8H2,1-3H3,(H,17,18,20). The molecule has 0 atom stereocenters. The van der Waals surface area contributed by atoms with Crippen LogP contribution < -0.4 is 5.43 Å². The van der Waals surface area contributed by atoms with Gasteiger partial charge in [-0.3, -0.25) is 0 Å². The maximum atomic E-state index is 4.46. The van der Waals surface area contributed by atoms with Gasteiger partial charge in [0.15, 0.2) is 0 Å². The van der Waals surface area contributed by atoms with E-state index >= 15 is 0 Å². The molecule has 0 aliphatic carbocycles. The van der Waals surface area contributed by atoms with E-state index < -0.39 is 0 Å². The summed E-state index contributed by atoms with van der Waals surface area (Å²) in [5.74, 6) is 0.559. The van der Waals surface area contributed by atoms with Crippen LogP contribution in [0.25, 0.3) is 0 Å². The van der Waals surface area contributed by atoms with Crippen molar-refractivity contribution >= 4 is 11.7 Å². The molecule has 0 unspecified atom stereocenters. The molecule has 0 radical (unpaired) electrons. The minimum absolute atomic E-state index is 0.559. The molecule has 2 rings (SSSR count). The van der Waals surface area contributed by atoms with Gasteiger partial charge in [-0.15, -0.1) is 0 Å². The molecule has 4 nitrogen and oxygen atoms in total. The summed E-state index contributed by atoms with van der Waals surface area (Å²) in [4.78, 5) is 8.81. The number of aromatic nitrogens is 2. The molecule has 0 amide bonds. The molecule has 0 aliphatic heterocycles. The lowest BCUT2D eigenvalue weighted by molar-refractivity contribution is 0.866. The topological polar surface area (TPSA) is 50.2 Å². The van der Waals surface area contributed by atoms with Gasteiger partial charge in [0.1, 0.15) is 0 Å². The number of aryl methyl sites for hydroxylation is 2. The van der Waals surface area contributed by atoms with Crippen LogP contribution in [0.1, 0.15) is 37.2 Å². The van der Waals surface area contributed by atoms with Gasteiger partial charge in [0.05, 0.1) is 5.71 Å². The summed E-state index contributed by atoms with van der Waals surface area (Å²) in [5.41, 5.74) is 6.95. The summed E-state index contributed by atoms with van der Waals surface area (Å²) in [7, 11) is 0. The third kappa shape index (κ3) is 3.88. The Labute approximate surface area is 120 Å². The van der Waals surface area contributed by atoms with Crippen molar-refractivity contribution in [2.75, 3.05) is 5.43 Å². The van der Waals surface area contributed by atoms with Crippen molar-refractivity contribution < 1.29 is 0 Å². The minimum Gasteiger partial charge on any atom is -0.245 e. The summed E-state index contributed by atoms with van der Waals surface area (Å²) in [6, 6.07) is 12.1. The van der Waals surface area contributed by atoms with E-state index in [-0.39, 0.29) is 0 Å². The molecule has 20 heavy (non-hydrogen) atoms. The van der Waals surface area contributed by atoms with Crippen molar-refractivity contribution in [3.63, 3.8) is 0 Å². The van der Waals surface area contributed by atoms with E-state index in [4.69, 9.17) is 0 Å². The zero-order valence-corrected chi connectivity index (χ0v) is 12.2. The third-order valence-electron chi connectivity index (χ3n) is 2.93. The van der Waals surface area contributed by atoms with Gasteiger partial charge in [-0.1, -0.05) is 43.7 Å². The Morgan fingerprint density at radius 3 is 2.65 bits per heavy atom. The van der Waals surface area contributed by atoms with Gasteiger partial charge in [-0.05, 0) is 31.9 Å². The van der Waals surface area contributed by atoms with Gasteiger partial charge in [0, 0.05) is 11.4 Å². The van der Waals surface area contributed by atoms with Crippen molar-refractivity contribution in [2.45, 2.75) is 33.6 Å². The van der Waals surface area contributed by atoms with E-state index in [1.165, 1.54) is 0 Å². The van der Waals surface area contributed by atoms with Gasteiger partial charge in [-0.25, -0.2) is 15.4 Å². The second-order valence-electron chi connectivity index (χ2n) is 4.75. The normalized spacial score (nSPS) is 11.4. The predicted octanol–water partition coefficient (Wildman–Crippen LogP) is 3.57. The molecule has 2 aromatic rings. The summed E-state index contributed by atoms with van der Waals surface area (Å²) >= 11 is 0. The highest BCUT2D eigenvalue weighted by atomic mass is 15.4. The van der Waals surface area contributed by atoms with Crippen LogP contribution >= 0.6 is 0 Å². The second-order valence-corrected chi connectivity index (χ2v) is 4.75. The third-order valence-corrected chi connectivity index (χ3v) is 2.93. The fraction of sp³-hybridized carbons (Fsp3) is 0.312. The summed E-state index contributed by atoms with van der Waals surface area (Å²) in [6.07, 6.45) is 2.03. The van der Waals surface area contributed by atoms with Crippen molar-refractivity contribution in [1.29, 1.82) is 0 Å². The molecule has 0 aliphatic rings. The maximum absolute atomic E-state index is 4.46. The van der Waals surface area contributed by atoms with Crippen LogP contribution in [0, 0.1) is 6.92 Å². The number of nitrogens with one attached hydrogen (secondary N) is 1. The van der Waals surface area contributed by atoms with Gasteiger partial charge >= 0.3 is 0 Å². The molecule has 0 fully saturated rings. The van der Waals surface area contributed by atoms with Crippen LogP contribution in [0.3, 0.4) is 0 Å². The van der Waals surface area contributed by atoms with Gasteiger partial charge in [0.2, 0.25) is 5.95 Å². The fourth-order valence-electron chi connectivity index (χ4n) is 1.95.